The summed E-state index contributed by atoms with van der Waals surface area (Å²) in [5.74, 6) is -0.109. The van der Waals surface area contributed by atoms with Crippen molar-refractivity contribution in [3.8, 4) is 5.75 Å². The third kappa shape index (κ3) is 5.79. The molecule has 0 bridgehead atoms. The summed E-state index contributed by atoms with van der Waals surface area (Å²) in [6, 6.07) is 11.1. The van der Waals surface area contributed by atoms with Crippen LogP contribution in [-0.4, -0.2) is 23.5 Å². The number of benzene rings is 1. The van der Waals surface area contributed by atoms with E-state index in [-0.39, 0.29) is 24.7 Å². The molecule has 1 amide bonds. The molecule has 6 heteroatoms. The number of carbonyl (C=O) groups excluding carboxylic acids is 1. The minimum atomic E-state index is -0.794. The van der Waals surface area contributed by atoms with Crippen LogP contribution < -0.4 is 10.1 Å². The molecule has 128 valence electrons. The van der Waals surface area contributed by atoms with E-state index in [4.69, 9.17) is 14.3 Å². The van der Waals surface area contributed by atoms with Gasteiger partial charge in [-0.05, 0) is 31.0 Å². The van der Waals surface area contributed by atoms with Gasteiger partial charge in [0.25, 0.3) is 5.91 Å². The fourth-order valence-corrected chi connectivity index (χ4v) is 2.19. The third-order valence-corrected chi connectivity index (χ3v) is 3.44. The number of ether oxygens (including phenoxy) is 1. The number of nitrogens with one attached hydrogen (secondary N) is 1. The summed E-state index contributed by atoms with van der Waals surface area (Å²) in [4.78, 5) is 22.5. The molecule has 6 nitrogen and oxygen atoms in total. The Morgan fingerprint density at radius 1 is 1.08 bits per heavy atom. The van der Waals surface area contributed by atoms with Crippen LogP contribution in [0.15, 0.2) is 47.1 Å². The lowest BCUT2D eigenvalue weighted by molar-refractivity contribution is -0.137. The van der Waals surface area contributed by atoms with Crippen LogP contribution in [0.5, 0.6) is 5.75 Å². The maximum absolute atomic E-state index is 12.1. The molecular weight excluding hydrogens is 310 g/mol. The molecule has 2 aromatic rings. The zero-order valence-corrected chi connectivity index (χ0v) is 13.4. The lowest BCUT2D eigenvalue weighted by Gasteiger charge is -2.07. The largest absolute Gasteiger partial charge is 0.489 e. The van der Waals surface area contributed by atoms with Crippen LogP contribution >= 0.6 is 0 Å². The van der Waals surface area contributed by atoms with E-state index in [0.717, 1.165) is 18.6 Å². The molecule has 1 aromatic heterocycles. The number of amides is 1. The van der Waals surface area contributed by atoms with Crippen molar-refractivity contribution >= 4 is 11.9 Å². The Morgan fingerprint density at radius 2 is 1.88 bits per heavy atom. The monoisotopic (exact) mass is 331 g/mol. The highest BCUT2D eigenvalue weighted by atomic mass is 16.5. The Kier molecular flexibility index (Phi) is 6.89. The molecule has 0 aliphatic carbocycles. The summed E-state index contributed by atoms with van der Waals surface area (Å²) < 4.78 is 10.9. The maximum atomic E-state index is 12.1. The van der Waals surface area contributed by atoms with Gasteiger partial charge in [-0.3, -0.25) is 9.59 Å². The topological polar surface area (TPSA) is 88.8 Å². The maximum Gasteiger partial charge on any atom is 0.303 e. The summed E-state index contributed by atoms with van der Waals surface area (Å²) in [7, 11) is 0. The second-order valence-corrected chi connectivity index (χ2v) is 5.34. The van der Waals surface area contributed by atoms with Gasteiger partial charge in [0.2, 0.25) is 0 Å². The van der Waals surface area contributed by atoms with Crippen molar-refractivity contribution in [1.29, 1.82) is 0 Å². The fraction of sp³-hybridized carbons (Fsp3) is 0.333. The first-order valence-electron chi connectivity index (χ1n) is 7.91. The molecule has 0 spiro atoms. The quantitative estimate of drug-likeness (QED) is 0.653. The van der Waals surface area contributed by atoms with Gasteiger partial charge in [0.15, 0.2) is 5.76 Å². The lowest BCUT2D eigenvalue weighted by Crippen LogP contribution is -2.25. The predicted octanol–water partition coefficient (Wildman–Crippen LogP) is 3.23. The van der Waals surface area contributed by atoms with Crippen molar-refractivity contribution in [2.45, 2.75) is 32.3 Å². The van der Waals surface area contributed by atoms with Gasteiger partial charge in [0, 0.05) is 18.5 Å². The van der Waals surface area contributed by atoms with Gasteiger partial charge in [-0.2, -0.15) is 0 Å². The minimum Gasteiger partial charge on any atom is -0.489 e. The number of furan rings is 1. The number of hydrogen-bond acceptors (Lipinski definition) is 4. The number of unbranched alkanes of at least 4 members (excludes halogenated alkanes) is 2. The zero-order chi connectivity index (χ0) is 17.2. The van der Waals surface area contributed by atoms with Gasteiger partial charge < -0.3 is 19.6 Å². The average molecular weight is 331 g/mol. The summed E-state index contributed by atoms with van der Waals surface area (Å²) in [5, 5.41) is 11.3. The van der Waals surface area contributed by atoms with Gasteiger partial charge in [0.1, 0.15) is 12.4 Å². The average Bonchev–Trinajstić information content (AvgIpc) is 3.05. The molecule has 0 aliphatic rings. The summed E-state index contributed by atoms with van der Waals surface area (Å²) in [6.45, 7) is 0.736. The molecule has 0 radical (unpaired) electrons. The predicted molar refractivity (Wildman–Crippen MR) is 87.9 cm³/mol. The number of carboxylic acids is 1. The molecular formula is C18H21NO5. The number of hydrogen-bond donors (Lipinski definition) is 2. The molecule has 0 saturated carbocycles. The van der Waals surface area contributed by atoms with Crippen molar-refractivity contribution in [2.75, 3.05) is 6.54 Å². The van der Waals surface area contributed by atoms with Crippen molar-refractivity contribution < 1.29 is 23.8 Å². The van der Waals surface area contributed by atoms with Gasteiger partial charge in [0.05, 0.1) is 6.26 Å². The van der Waals surface area contributed by atoms with E-state index in [1.54, 1.807) is 6.07 Å². The Labute approximate surface area is 140 Å². The molecule has 24 heavy (non-hydrogen) atoms. The number of carbonyl (C=O) groups is 2. The minimum absolute atomic E-state index is 0.160. The summed E-state index contributed by atoms with van der Waals surface area (Å²) >= 11 is 0. The second kappa shape index (κ2) is 9.39. The van der Waals surface area contributed by atoms with Crippen LogP contribution in [0.2, 0.25) is 0 Å². The van der Waals surface area contributed by atoms with Crippen molar-refractivity contribution in [3.05, 3.63) is 54.0 Å². The van der Waals surface area contributed by atoms with Crippen molar-refractivity contribution in [3.63, 3.8) is 0 Å². The van der Waals surface area contributed by atoms with E-state index >= 15 is 0 Å². The van der Waals surface area contributed by atoms with Crippen LogP contribution in [0, 0.1) is 0 Å². The highest BCUT2D eigenvalue weighted by Gasteiger charge is 2.15. The second-order valence-electron chi connectivity index (χ2n) is 5.34. The molecule has 0 saturated heterocycles. The summed E-state index contributed by atoms with van der Waals surface area (Å²) in [5.41, 5.74) is 0.683. The SMILES string of the molecule is O=C(O)CCCCCNC(=O)c1occc1COc1ccccc1. The summed E-state index contributed by atoms with van der Waals surface area (Å²) in [6.07, 6.45) is 3.73. The van der Waals surface area contributed by atoms with Gasteiger partial charge >= 0.3 is 5.97 Å². The highest BCUT2D eigenvalue weighted by Crippen LogP contribution is 2.15. The van der Waals surface area contributed by atoms with Crippen LogP contribution in [-0.2, 0) is 11.4 Å². The molecule has 1 aromatic carbocycles. The fourth-order valence-electron chi connectivity index (χ4n) is 2.19. The Balaban J connectivity index is 1.74. The molecule has 2 N–H and O–H groups in total. The molecule has 0 unspecified atom stereocenters. The van der Waals surface area contributed by atoms with Crippen molar-refractivity contribution in [1.82, 2.24) is 5.32 Å². The van der Waals surface area contributed by atoms with E-state index in [9.17, 15) is 9.59 Å². The standard InChI is InChI=1S/C18H21NO5/c20-16(21)9-5-2-6-11-19-18(22)17-14(10-12-23-17)13-24-15-7-3-1-4-8-15/h1,3-4,7-8,10,12H,2,5-6,9,11,13H2,(H,19,22)(H,20,21). The first-order chi connectivity index (χ1) is 11.7. The van der Waals surface area contributed by atoms with Crippen LogP contribution in [0.3, 0.4) is 0 Å². The van der Waals surface area contributed by atoms with Gasteiger partial charge in [-0.15, -0.1) is 0 Å². The van der Waals surface area contributed by atoms with E-state index < -0.39 is 5.97 Å². The molecule has 0 fully saturated rings. The molecule has 0 atom stereocenters. The molecule has 1 heterocycles. The molecule has 2 rings (SSSR count). The van der Waals surface area contributed by atoms with Crippen LogP contribution in [0.25, 0.3) is 0 Å². The Bertz CT molecular complexity index is 650. The van der Waals surface area contributed by atoms with E-state index in [2.05, 4.69) is 5.32 Å². The third-order valence-electron chi connectivity index (χ3n) is 3.44. The van der Waals surface area contributed by atoms with Crippen molar-refractivity contribution in [2.24, 2.45) is 0 Å². The first-order valence-corrected chi connectivity index (χ1v) is 7.91. The molecule has 0 aliphatic heterocycles. The van der Waals surface area contributed by atoms with E-state index in [0.29, 0.717) is 18.5 Å². The first kappa shape index (κ1) is 17.6. The van der Waals surface area contributed by atoms with E-state index in [1.165, 1.54) is 6.26 Å². The van der Waals surface area contributed by atoms with Crippen LogP contribution in [0.1, 0.15) is 41.8 Å². The number of carboxylic acid groups (broad SMARTS) is 1. The normalized spacial score (nSPS) is 10.3. The smallest absolute Gasteiger partial charge is 0.303 e. The van der Waals surface area contributed by atoms with Crippen LogP contribution in [0.4, 0.5) is 0 Å². The number of aliphatic carboxylic acids is 1. The lowest BCUT2D eigenvalue weighted by atomic mass is 10.2. The number of rotatable bonds is 10. The van der Waals surface area contributed by atoms with Gasteiger partial charge in [-0.25, -0.2) is 0 Å². The zero-order valence-electron chi connectivity index (χ0n) is 13.4. The Hall–Kier alpha value is -2.76. The highest BCUT2D eigenvalue weighted by molar-refractivity contribution is 5.92. The van der Waals surface area contributed by atoms with E-state index in [1.807, 2.05) is 30.3 Å². The Morgan fingerprint density at radius 3 is 2.62 bits per heavy atom. The van der Waals surface area contributed by atoms with Gasteiger partial charge in [-0.1, -0.05) is 24.6 Å². The number of para-hydroxylation sites is 1.